The van der Waals surface area contributed by atoms with Crippen molar-refractivity contribution >= 4 is 20.3 Å². The Morgan fingerprint density at radius 1 is 1.16 bits per heavy atom. The van der Waals surface area contributed by atoms with Crippen molar-refractivity contribution in [3.63, 3.8) is 0 Å². The number of ether oxygens (including phenoxy) is 1. The highest BCUT2D eigenvalue weighted by atomic mass is 32.2. The molecule has 2 fully saturated rings. The molecule has 0 aliphatic carbocycles. The molecule has 10 heteroatoms. The number of hydrogen-bond acceptors (Lipinski definition) is 6. The highest BCUT2D eigenvalue weighted by Crippen LogP contribution is 2.44. The number of rotatable bonds is 8. The maximum Gasteiger partial charge on any atom is 0.380 e. The van der Waals surface area contributed by atoms with E-state index >= 15 is 0 Å². The predicted molar refractivity (Wildman–Crippen MR) is 129 cm³/mol. The van der Waals surface area contributed by atoms with Gasteiger partial charge in [0.2, 0.25) is 0 Å². The van der Waals surface area contributed by atoms with Crippen LogP contribution in [0.15, 0.2) is 15.8 Å². The van der Waals surface area contributed by atoms with Crippen LogP contribution in [0.1, 0.15) is 72.6 Å². The molecule has 3 unspecified atom stereocenters. The summed E-state index contributed by atoms with van der Waals surface area (Å²) in [5.41, 5.74) is 0.0699. The van der Waals surface area contributed by atoms with Gasteiger partial charge < -0.3 is 9.16 Å². The van der Waals surface area contributed by atoms with Gasteiger partial charge in [-0.1, -0.05) is 20.8 Å². The zero-order chi connectivity index (χ0) is 23.6. The fourth-order valence-corrected chi connectivity index (χ4v) is 9.57. The zero-order valence-electron chi connectivity index (χ0n) is 20.3. The van der Waals surface area contributed by atoms with Gasteiger partial charge in [0.05, 0.1) is 6.10 Å². The number of nitrogens with one attached hydrogen (secondary N) is 1. The first-order valence-electron chi connectivity index (χ1n) is 11.7. The van der Waals surface area contributed by atoms with Crippen LogP contribution in [0, 0.1) is 6.92 Å². The Balaban J connectivity index is 1.76. The standard InChI is InChI=1S/C22H38N2O6SSi/c1-13(2)31-16(6)8-9-17(7)32(14(3)4)29-18-10-20(28-19(18)12-27-30-32)24-11-15(5)21(25)23-22(24)26/h11,13-14,16-20H,8-10,12H2,1-7H3,(H,23,25,26)/p+1/t16?,17?,18-,19+,20-,32?/m1/s1. The van der Waals surface area contributed by atoms with Crippen molar-refractivity contribution in [1.82, 2.24) is 9.55 Å². The summed E-state index contributed by atoms with van der Waals surface area (Å²) in [6, 6.07) is 0. The van der Waals surface area contributed by atoms with E-state index < -0.39 is 20.5 Å². The molecule has 0 spiro atoms. The van der Waals surface area contributed by atoms with Crippen molar-refractivity contribution in [3.8, 4) is 0 Å². The molecule has 1 aromatic rings. The normalized spacial score (nSPS) is 30.3. The van der Waals surface area contributed by atoms with Crippen LogP contribution >= 0.6 is 0 Å². The Kier molecular flexibility index (Phi) is 8.49. The number of H-pyrrole nitrogens is 1. The summed E-state index contributed by atoms with van der Waals surface area (Å²) in [6.07, 6.45) is 3.17. The van der Waals surface area contributed by atoms with Crippen LogP contribution < -0.4 is 11.2 Å². The Morgan fingerprint density at radius 2 is 1.88 bits per heavy atom. The van der Waals surface area contributed by atoms with E-state index in [1.54, 1.807) is 13.1 Å². The minimum Gasteiger partial charge on any atom is -0.386 e. The second-order valence-corrected chi connectivity index (χ2v) is 16.0. The molecule has 32 heavy (non-hydrogen) atoms. The molecule has 0 amide bonds. The van der Waals surface area contributed by atoms with E-state index in [0.29, 0.717) is 22.5 Å². The fraction of sp³-hybridized carbons (Fsp3) is 0.818. The molecule has 2 saturated heterocycles. The minimum atomic E-state index is -2.72. The molecule has 6 atom stereocenters. The Bertz CT molecular complexity index is 890. The van der Waals surface area contributed by atoms with E-state index in [0.717, 1.165) is 12.8 Å². The first-order valence-corrected chi connectivity index (χ1v) is 14.7. The van der Waals surface area contributed by atoms with Crippen LogP contribution in [-0.2, 0) is 30.4 Å². The SMILES string of the molecule is Cc1cn([C@H]2C[C@H]3O[Si](C(C)C)(C(C)CCC(C)[SH+]C(C)C)OOC[C@@H]3O2)c(=O)[nH]c1=O. The van der Waals surface area contributed by atoms with Gasteiger partial charge in [-0.2, -0.15) is 0 Å². The molecular formula is C22H39N2O6SSi+. The van der Waals surface area contributed by atoms with E-state index in [2.05, 4.69) is 46.5 Å². The molecule has 182 valence electrons. The molecule has 0 radical (unpaired) electrons. The summed E-state index contributed by atoms with van der Waals surface area (Å²) in [5.74, 6) is 0. The van der Waals surface area contributed by atoms with Crippen molar-refractivity contribution < 1.29 is 18.6 Å². The zero-order valence-corrected chi connectivity index (χ0v) is 22.2. The van der Waals surface area contributed by atoms with Gasteiger partial charge in [0.25, 0.3) is 5.56 Å². The van der Waals surface area contributed by atoms with E-state index in [-0.39, 0.29) is 35.5 Å². The molecule has 0 aromatic carbocycles. The molecule has 3 rings (SSSR count). The maximum atomic E-state index is 12.4. The molecule has 0 saturated carbocycles. The second-order valence-electron chi connectivity index (χ2n) is 9.81. The summed E-state index contributed by atoms with van der Waals surface area (Å²) in [5, 5.41) is 1.29. The van der Waals surface area contributed by atoms with Crippen molar-refractivity contribution in [2.24, 2.45) is 0 Å². The molecule has 8 nitrogen and oxygen atoms in total. The molecule has 1 N–H and O–H groups in total. The number of aromatic amines is 1. The van der Waals surface area contributed by atoms with Gasteiger partial charge in [0, 0.05) is 23.7 Å². The van der Waals surface area contributed by atoms with Gasteiger partial charge >= 0.3 is 14.3 Å². The van der Waals surface area contributed by atoms with Crippen molar-refractivity contribution in [2.45, 2.75) is 108 Å². The van der Waals surface area contributed by atoms with E-state index in [4.69, 9.17) is 18.6 Å². The van der Waals surface area contributed by atoms with Crippen LogP contribution in [0.2, 0.25) is 11.1 Å². The molecule has 1 aromatic heterocycles. The monoisotopic (exact) mass is 487 g/mol. The first kappa shape index (κ1) is 25.7. The third-order valence-electron chi connectivity index (χ3n) is 6.46. The topological polar surface area (TPSA) is 91.8 Å². The highest BCUT2D eigenvalue weighted by Gasteiger charge is 2.55. The molecular weight excluding hydrogens is 448 g/mol. The van der Waals surface area contributed by atoms with Crippen molar-refractivity contribution in [1.29, 1.82) is 0 Å². The predicted octanol–water partition coefficient (Wildman–Crippen LogP) is 3.11. The number of aromatic nitrogens is 2. The van der Waals surface area contributed by atoms with E-state index in [1.807, 2.05) is 0 Å². The van der Waals surface area contributed by atoms with Crippen molar-refractivity contribution in [2.75, 3.05) is 6.61 Å². The lowest BCUT2D eigenvalue weighted by atomic mass is 10.2. The largest absolute Gasteiger partial charge is 0.386 e. The Labute approximate surface area is 195 Å². The number of hydrogen-bond donors (Lipinski definition) is 1. The minimum absolute atomic E-state index is 0.200. The summed E-state index contributed by atoms with van der Waals surface area (Å²) >= 11 is 1.48. The van der Waals surface area contributed by atoms with E-state index in [1.165, 1.54) is 16.3 Å². The molecule has 3 heterocycles. The number of nitrogens with zero attached hydrogens (tertiary/aromatic N) is 1. The number of fused-ring (bicyclic) bond motifs is 1. The van der Waals surface area contributed by atoms with Gasteiger partial charge in [-0.25, -0.2) is 9.68 Å². The van der Waals surface area contributed by atoms with Gasteiger partial charge in [-0.15, -0.1) is 0 Å². The van der Waals surface area contributed by atoms with Crippen LogP contribution in [0.3, 0.4) is 0 Å². The summed E-state index contributed by atoms with van der Waals surface area (Å²) in [6.45, 7) is 15.3. The van der Waals surface area contributed by atoms with Crippen LogP contribution in [-0.4, -0.2) is 47.4 Å². The van der Waals surface area contributed by atoms with Crippen LogP contribution in [0.4, 0.5) is 0 Å². The van der Waals surface area contributed by atoms with E-state index in [9.17, 15) is 9.59 Å². The molecule has 2 aliphatic rings. The summed E-state index contributed by atoms with van der Waals surface area (Å²) in [4.78, 5) is 32.2. The average Bonchev–Trinajstić information content (AvgIpc) is 3.00. The smallest absolute Gasteiger partial charge is 0.380 e. The average molecular weight is 488 g/mol. The Morgan fingerprint density at radius 3 is 2.53 bits per heavy atom. The first-order chi connectivity index (χ1) is 15.0. The Hall–Kier alpha value is -0.913. The fourth-order valence-electron chi connectivity index (χ4n) is 4.67. The lowest BCUT2D eigenvalue weighted by Gasteiger charge is -2.37. The van der Waals surface area contributed by atoms with Gasteiger partial charge in [0.1, 0.15) is 29.4 Å². The maximum absolute atomic E-state index is 12.4. The molecule has 2 aliphatic heterocycles. The van der Waals surface area contributed by atoms with Crippen molar-refractivity contribution in [3.05, 3.63) is 32.6 Å². The second kappa shape index (κ2) is 10.6. The van der Waals surface area contributed by atoms with Gasteiger partial charge in [-0.05, 0) is 57.8 Å². The quantitative estimate of drug-likeness (QED) is 0.262. The number of aryl methyl sites for hydroxylation is 1. The summed E-state index contributed by atoms with van der Waals surface area (Å²) < 4.78 is 20.4. The van der Waals surface area contributed by atoms with Crippen LogP contribution in [0.25, 0.3) is 0 Å². The third-order valence-corrected chi connectivity index (χ3v) is 12.1. The van der Waals surface area contributed by atoms with Crippen LogP contribution in [0.5, 0.6) is 0 Å². The lowest BCUT2D eigenvalue weighted by molar-refractivity contribution is -0.241. The van der Waals surface area contributed by atoms with Gasteiger partial charge in [0.15, 0.2) is 0 Å². The summed E-state index contributed by atoms with van der Waals surface area (Å²) in [7, 11) is -2.72. The highest BCUT2D eigenvalue weighted by molar-refractivity contribution is 7.79. The lowest BCUT2D eigenvalue weighted by Crippen LogP contribution is -2.50. The van der Waals surface area contributed by atoms with Gasteiger partial charge in [-0.3, -0.25) is 18.9 Å². The number of thiol groups is 1. The molecule has 0 bridgehead atoms. The third kappa shape index (κ3) is 5.59.